The van der Waals surface area contributed by atoms with E-state index in [0.29, 0.717) is 12.3 Å². The Morgan fingerprint density at radius 3 is 2.82 bits per heavy atom. The first-order valence-corrected chi connectivity index (χ1v) is 6.77. The predicted octanol–water partition coefficient (Wildman–Crippen LogP) is -0.194. The summed E-state index contributed by atoms with van der Waals surface area (Å²) in [7, 11) is -2.31. The number of amides is 1. The summed E-state index contributed by atoms with van der Waals surface area (Å²) < 4.78 is 23.8. The molecular formula is C9H14N4O3S. The van der Waals surface area contributed by atoms with Crippen LogP contribution in [0.3, 0.4) is 0 Å². The summed E-state index contributed by atoms with van der Waals surface area (Å²) in [6.07, 6.45) is 3.78. The lowest BCUT2D eigenvalue weighted by Crippen LogP contribution is -2.17. The maximum Gasteiger partial charge on any atom is 0.243 e. The lowest BCUT2D eigenvalue weighted by atomic mass is 10.3. The first kappa shape index (κ1) is 12.1. The van der Waals surface area contributed by atoms with E-state index in [1.807, 2.05) is 0 Å². The monoisotopic (exact) mass is 258 g/mol. The van der Waals surface area contributed by atoms with Crippen LogP contribution in [0.5, 0.6) is 0 Å². The number of nitrogens with two attached hydrogens (primary N) is 1. The maximum atomic E-state index is 11.6. The van der Waals surface area contributed by atoms with Gasteiger partial charge in [0.05, 0.1) is 0 Å². The quantitative estimate of drug-likeness (QED) is 0.780. The molecule has 17 heavy (non-hydrogen) atoms. The van der Waals surface area contributed by atoms with Crippen LogP contribution in [-0.4, -0.2) is 24.1 Å². The zero-order chi connectivity index (χ0) is 12.6. The number of carbonyl (C=O) groups is 1. The zero-order valence-electron chi connectivity index (χ0n) is 9.38. The number of carbonyl (C=O) groups excluding carboxylic acids is 1. The molecule has 1 saturated carbocycles. The van der Waals surface area contributed by atoms with Crippen molar-refractivity contribution in [2.24, 2.45) is 18.1 Å². The third kappa shape index (κ3) is 3.04. The van der Waals surface area contributed by atoms with Gasteiger partial charge in [0.1, 0.15) is 4.90 Å². The number of primary sulfonamides is 1. The Labute approximate surface area is 99.0 Å². The summed E-state index contributed by atoms with van der Waals surface area (Å²) in [6.45, 7) is 0. The van der Waals surface area contributed by atoms with Crippen molar-refractivity contribution in [2.75, 3.05) is 5.32 Å². The molecule has 0 saturated heterocycles. The first-order chi connectivity index (χ1) is 7.86. The van der Waals surface area contributed by atoms with Gasteiger partial charge in [-0.2, -0.15) is 5.10 Å². The van der Waals surface area contributed by atoms with Crippen molar-refractivity contribution in [1.29, 1.82) is 0 Å². The van der Waals surface area contributed by atoms with Gasteiger partial charge in [0.2, 0.25) is 15.9 Å². The molecule has 1 aromatic rings. The molecule has 8 heteroatoms. The van der Waals surface area contributed by atoms with E-state index >= 15 is 0 Å². The van der Waals surface area contributed by atoms with Crippen LogP contribution < -0.4 is 10.5 Å². The maximum absolute atomic E-state index is 11.6. The molecule has 1 amide bonds. The minimum atomic E-state index is -3.87. The lowest BCUT2D eigenvalue weighted by Gasteiger charge is -2.02. The summed E-state index contributed by atoms with van der Waals surface area (Å²) in [5.74, 6) is 0.202. The molecule has 2 rings (SSSR count). The molecule has 1 fully saturated rings. The highest BCUT2D eigenvalue weighted by atomic mass is 32.2. The molecule has 0 aliphatic heterocycles. The van der Waals surface area contributed by atoms with Crippen molar-refractivity contribution in [1.82, 2.24) is 9.78 Å². The normalized spacial score (nSPS) is 15.9. The Balaban J connectivity index is 2.16. The standard InChI is InChI=1S/C9H14N4O3S/c1-13-5-7(17(10,15)16)9(12-13)11-8(14)4-6-2-3-6/h5-6H,2-4H2,1H3,(H2,10,15,16)(H,11,12,14). The fraction of sp³-hybridized carbons (Fsp3) is 0.556. The Hall–Kier alpha value is -1.41. The van der Waals surface area contributed by atoms with Gasteiger partial charge in [-0.3, -0.25) is 9.48 Å². The molecule has 1 aromatic heterocycles. The van der Waals surface area contributed by atoms with Gasteiger partial charge in [0.15, 0.2) is 5.82 Å². The molecule has 1 heterocycles. The Morgan fingerprint density at radius 1 is 1.65 bits per heavy atom. The molecule has 0 spiro atoms. The van der Waals surface area contributed by atoms with Crippen molar-refractivity contribution in [3.8, 4) is 0 Å². The van der Waals surface area contributed by atoms with Gasteiger partial charge in [-0.05, 0) is 18.8 Å². The summed E-state index contributed by atoms with van der Waals surface area (Å²) in [4.78, 5) is 11.4. The number of aryl methyl sites for hydroxylation is 1. The van der Waals surface area contributed by atoms with Crippen LogP contribution >= 0.6 is 0 Å². The van der Waals surface area contributed by atoms with Crippen molar-refractivity contribution in [2.45, 2.75) is 24.2 Å². The van der Waals surface area contributed by atoms with Crippen molar-refractivity contribution in [3.05, 3.63) is 6.20 Å². The van der Waals surface area contributed by atoms with E-state index in [4.69, 9.17) is 5.14 Å². The Morgan fingerprint density at radius 2 is 2.29 bits per heavy atom. The minimum Gasteiger partial charge on any atom is -0.308 e. The summed E-state index contributed by atoms with van der Waals surface area (Å²) in [5.41, 5.74) is 0. The highest BCUT2D eigenvalue weighted by Gasteiger charge is 2.26. The van der Waals surface area contributed by atoms with Crippen LogP contribution in [0, 0.1) is 5.92 Å². The van der Waals surface area contributed by atoms with E-state index in [-0.39, 0.29) is 16.6 Å². The highest BCUT2D eigenvalue weighted by molar-refractivity contribution is 7.89. The van der Waals surface area contributed by atoms with Gasteiger partial charge < -0.3 is 5.32 Å². The van der Waals surface area contributed by atoms with Gasteiger partial charge in [-0.1, -0.05) is 0 Å². The van der Waals surface area contributed by atoms with E-state index in [9.17, 15) is 13.2 Å². The van der Waals surface area contributed by atoms with Gasteiger partial charge in [-0.15, -0.1) is 0 Å². The number of nitrogens with one attached hydrogen (secondary N) is 1. The van der Waals surface area contributed by atoms with E-state index in [0.717, 1.165) is 12.8 Å². The number of sulfonamides is 1. The SMILES string of the molecule is Cn1cc(S(N)(=O)=O)c(NC(=O)CC2CC2)n1. The van der Waals surface area contributed by atoms with E-state index in [1.54, 1.807) is 7.05 Å². The second-order valence-corrected chi connectivity index (χ2v) is 5.79. The van der Waals surface area contributed by atoms with E-state index in [1.165, 1.54) is 10.9 Å². The summed E-state index contributed by atoms with van der Waals surface area (Å²) >= 11 is 0. The highest BCUT2D eigenvalue weighted by Crippen LogP contribution is 2.32. The summed E-state index contributed by atoms with van der Waals surface area (Å²) in [5, 5.41) is 11.4. The Bertz CT molecular complexity index is 545. The number of hydrogen-bond donors (Lipinski definition) is 2. The number of hydrogen-bond acceptors (Lipinski definition) is 4. The van der Waals surface area contributed by atoms with Crippen LogP contribution in [0.4, 0.5) is 5.82 Å². The minimum absolute atomic E-state index is 0.000602. The van der Waals surface area contributed by atoms with Gasteiger partial charge >= 0.3 is 0 Å². The third-order valence-electron chi connectivity index (χ3n) is 2.53. The smallest absolute Gasteiger partial charge is 0.243 e. The number of anilines is 1. The van der Waals surface area contributed by atoms with E-state index in [2.05, 4.69) is 10.4 Å². The molecule has 0 radical (unpaired) electrons. The van der Waals surface area contributed by atoms with Gasteiger partial charge in [0, 0.05) is 19.7 Å². The average Bonchev–Trinajstić information content (AvgIpc) is 2.88. The zero-order valence-corrected chi connectivity index (χ0v) is 10.2. The van der Waals surface area contributed by atoms with Gasteiger partial charge in [0.25, 0.3) is 0 Å². The molecule has 0 bridgehead atoms. The molecule has 7 nitrogen and oxygen atoms in total. The van der Waals surface area contributed by atoms with E-state index < -0.39 is 10.0 Å². The molecule has 0 atom stereocenters. The molecule has 1 aliphatic rings. The van der Waals surface area contributed by atoms with Crippen LogP contribution in [-0.2, 0) is 21.9 Å². The average molecular weight is 258 g/mol. The molecule has 94 valence electrons. The first-order valence-electron chi connectivity index (χ1n) is 5.22. The topological polar surface area (TPSA) is 107 Å². The van der Waals surface area contributed by atoms with Crippen molar-refractivity contribution >= 4 is 21.7 Å². The van der Waals surface area contributed by atoms with Gasteiger partial charge in [-0.25, -0.2) is 13.6 Å². The third-order valence-corrected chi connectivity index (χ3v) is 3.44. The van der Waals surface area contributed by atoms with Crippen LogP contribution in [0.1, 0.15) is 19.3 Å². The van der Waals surface area contributed by atoms with Crippen molar-refractivity contribution < 1.29 is 13.2 Å². The molecule has 0 unspecified atom stereocenters. The Kier molecular flexibility index (Phi) is 2.92. The molecule has 0 aromatic carbocycles. The number of rotatable bonds is 4. The predicted molar refractivity (Wildman–Crippen MR) is 60.6 cm³/mol. The fourth-order valence-electron chi connectivity index (χ4n) is 1.53. The second kappa shape index (κ2) is 4.11. The molecule has 3 N–H and O–H groups in total. The van der Waals surface area contributed by atoms with Crippen LogP contribution in [0.2, 0.25) is 0 Å². The summed E-state index contributed by atoms with van der Waals surface area (Å²) in [6, 6.07) is 0. The second-order valence-electron chi connectivity index (χ2n) is 4.26. The molecular weight excluding hydrogens is 244 g/mol. The number of aromatic nitrogens is 2. The largest absolute Gasteiger partial charge is 0.308 e. The van der Waals surface area contributed by atoms with Crippen LogP contribution in [0.15, 0.2) is 11.1 Å². The lowest BCUT2D eigenvalue weighted by molar-refractivity contribution is -0.116. The van der Waals surface area contributed by atoms with Crippen molar-refractivity contribution in [3.63, 3.8) is 0 Å². The number of nitrogens with zero attached hydrogens (tertiary/aromatic N) is 2. The molecule has 1 aliphatic carbocycles. The fourth-order valence-corrected chi connectivity index (χ4v) is 2.19. The van der Waals surface area contributed by atoms with Crippen LogP contribution in [0.25, 0.3) is 0 Å².